The number of nitrogens with one attached hydrogen (secondary N) is 2. The Bertz CT molecular complexity index is 565. The van der Waals surface area contributed by atoms with E-state index in [-0.39, 0.29) is 5.91 Å². The largest absolute Gasteiger partial charge is 0.486 e. The fraction of sp³-hybridized carbons (Fsp3) is 0.611. The zero-order valence-electron chi connectivity index (χ0n) is 14.0. The van der Waals surface area contributed by atoms with Gasteiger partial charge in [-0.3, -0.25) is 4.79 Å². The molecular formula is C18H26N2O3. The summed E-state index contributed by atoms with van der Waals surface area (Å²) in [5.74, 6) is 2.07. The minimum Gasteiger partial charge on any atom is -0.486 e. The summed E-state index contributed by atoms with van der Waals surface area (Å²) in [5, 5.41) is 6.50. The van der Waals surface area contributed by atoms with Crippen LogP contribution in [0.4, 0.5) is 0 Å². The Morgan fingerprint density at radius 3 is 2.83 bits per heavy atom. The maximum absolute atomic E-state index is 12.7. The number of carbonyl (C=O) groups is 1. The summed E-state index contributed by atoms with van der Waals surface area (Å²) in [6.45, 7) is 7.85. The molecule has 3 rings (SSSR count). The van der Waals surface area contributed by atoms with Crippen LogP contribution in [-0.2, 0) is 10.2 Å². The molecule has 1 fully saturated rings. The molecule has 1 aromatic rings. The molecule has 1 unspecified atom stereocenters. The Kier molecular flexibility index (Phi) is 4.76. The molecule has 0 spiro atoms. The molecule has 0 aliphatic carbocycles. The van der Waals surface area contributed by atoms with Crippen LogP contribution in [0.15, 0.2) is 18.2 Å². The summed E-state index contributed by atoms with van der Waals surface area (Å²) in [4.78, 5) is 12.7. The fourth-order valence-corrected chi connectivity index (χ4v) is 3.12. The van der Waals surface area contributed by atoms with Crippen LogP contribution in [0.25, 0.3) is 0 Å². The first kappa shape index (κ1) is 16.1. The lowest BCUT2D eigenvalue weighted by Crippen LogP contribution is -2.44. The standard InChI is InChI=1S/C18H26N2O3/c1-18(2,17(21)20-12-13-4-3-7-19-11-13)14-5-6-15-16(10-14)23-9-8-22-15/h5-6,10,13,19H,3-4,7-9,11-12H2,1-2H3,(H,20,21). The van der Waals surface area contributed by atoms with Crippen molar-refractivity contribution >= 4 is 5.91 Å². The summed E-state index contributed by atoms with van der Waals surface area (Å²) in [5.41, 5.74) is 0.346. The zero-order chi connectivity index (χ0) is 16.3. The van der Waals surface area contributed by atoms with Gasteiger partial charge in [0.25, 0.3) is 0 Å². The number of benzene rings is 1. The first-order valence-electron chi connectivity index (χ1n) is 8.46. The van der Waals surface area contributed by atoms with Gasteiger partial charge >= 0.3 is 0 Å². The van der Waals surface area contributed by atoms with Crippen LogP contribution >= 0.6 is 0 Å². The highest BCUT2D eigenvalue weighted by Gasteiger charge is 2.31. The monoisotopic (exact) mass is 318 g/mol. The van der Waals surface area contributed by atoms with Crippen molar-refractivity contribution in [3.63, 3.8) is 0 Å². The highest BCUT2D eigenvalue weighted by atomic mass is 16.6. The van der Waals surface area contributed by atoms with Gasteiger partial charge in [-0.1, -0.05) is 6.07 Å². The molecule has 5 heteroatoms. The van der Waals surface area contributed by atoms with E-state index in [1.165, 1.54) is 12.8 Å². The molecule has 23 heavy (non-hydrogen) atoms. The van der Waals surface area contributed by atoms with E-state index in [2.05, 4.69) is 10.6 Å². The lowest BCUT2D eigenvalue weighted by Gasteiger charge is -2.28. The van der Waals surface area contributed by atoms with Crippen molar-refractivity contribution in [3.05, 3.63) is 23.8 Å². The van der Waals surface area contributed by atoms with Gasteiger partial charge < -0.3 is 20.1 Å². The van der Waals surface area contributed by atoms with Crippen LogP contribution < -0.4 is 20.1 Å². The number of rotatable bonds is 4. The Labute approximate surface area is 137 Å². The smallest absolute Gasteiger partial charge is 0.230 e. The SMILES string of the molecule is CC(C)(C(=O)NCC1CCCNC1)c1ccc2c(c1)OCCO2. The van der Waals surface area contributed by atoms with E-state index in [1.807, 2.05) is 32.0 Å². The minimum atomic E-state index is -0.599. The number of piperidine rings is 1. The van der Waals surface area contributed by atoms with Gasteiger partial charge in [0, 0.05) is 6.54 Å². The highest BCUT2D eigenvalue weighted by molar-refractivity contribution is 5.87. The Morgan fingerprint density at radius 1 is 1.30 bits per heavy atom. The molecular weight excluding hydrogens is 292 g/mol. The van der Waals surface area contributed by atoms with Crippen LogP contribution in [0.2, 0.25) is 0 Å². The van der Waals surface area contributed by atoms with E-state index in [0.29, 0.717) is 19.1 Å². The van der Waals surface area contributed by atoms with Gasteiger partial charge in [0.2, 0.25) is 5.91 Å². The van der Waals surface area contributed by atoms with E-state index in [1.54, 1.807) is 0 Å². The second-order valence-electron chi connectivity index (χ2n) is 6.91. The predicted molar refractivity (Wildman–Crippen MR) is 89.1 cm³/mol. The van der Waals surface area contributed by atoms with Crippen molar-refractivity contribution in [2.75, 3.05) is 32.8 Å². The average Bonchev–Trinajstić information content (AvgIpc) is 2.60. The van der Waals surface area contributed by atoms with E-state index in [4.69, 9.17) is 9.47 Å². The average molecular weight is 318 g/mol. The molecule has 0 aromatic heterocycles. The molecule has 0 saturated carbocycles. The molecule has 2 aliphatic rings. The summed E-state index contributed by atoms with van der Waals surface area (Å²) in [7, 11) is 0. The summed E-state index contributed by atoms with van der Waals surface area (Å²) in [6.07, 6.45) is 2.36. The third kappa shape index (κ3) is 3.61. The normalized spacial score (nSPS) is 20.9. The van der Waals surface area contributed by atoms with Crippen molar-refractivity contribution in [1.82, 2.24) is 10.6 Å². The maximum Gasteiger partial charge on any atom is 0.230 e. The second kappa shape index (κ2) is 6.79. The van der Waals surface area contributed by atoms with Gasteiger partial charge in [0.15, 0.2) is 11.5 Å². The van der Waals surface area contributed by atoms with Gasteiger partial charge in [-0.25, -0.2) is 0 Å². The van der Waals surface area contributed by atoms with Gasteiger partial charge in [0.1, 0.15) is 13.2 Å². The zero-order valence-corrected chi connectivity index (χ0v) is 14.0. The van der Waals surface area contributed by atoms with E-state index >= 15 is 0 Å². The lowest BCUT2D eigenvalue weighted by atomic mass is 9.83. The molecule has 2 N–H and O–H groups in total. The Morgan fingerprint density at radius 2 is 2.09 bits per heavy atom. The first-order valence-corrected chi connectivity index (χ1v) is 8.46. The van der Waals surface area contributed by atoms with Crippen molar-refractivity contribution < 1.29 is 14.3 Å². The summed E-state index contributed by atoms with van der Waals surface area (Å²) in [6, 6.07) is 5.77. The minimum absolute atomic E-state index is 0.0553. The van der Waals surface area contributed by atoms with Gasteiger partial charge in [-0.05, 0) is 63.4 Å². The molecule has 1 amide bonds. The second-order valence-corrected chi connectivity index (χ2v) is 6.91. The van der Waals surface area contributed by atoms with E-state index in [9.17, 15) is 4.79 Å². The van der Waals surface area contributed by atoms with Crippen LogP contribution in [0.5, 0.6) is 11.5 Å². The molecule has 5 nitrogen and oxygen atoms in total. The number of hydrogen-bond acceptors (Lipinski definition) is 4. The number of fused-ring (bicyclic) bond motifs is 1. The highest BCUT2D eigenvalue weighted by Crippen LogP contribution is 2.35. The number of amides is 1. The number of carbonyl (C=O) groups excluding carboxylic acids is 1. The summed E-state index contributed by atoms with van der Waals surface area (Å²) < 4.78 is 11.2. The number of hydrogen-bond donors (Lipinski definition) is 2. The molecule has 126 valence electrons. The van der Waals surface area contributed by atoms with Crippen molar-refractivity contribution in [2.45, 2.75) is 32.1 Å². The first-order chi connectivity index (χ1) is 11.1. The molecule has 2 heterocycles. The quantitative estimate of drug-likeness (QED) is 0.889. The number of ether oxygens (including phenoxy) is 2. The van der Waals surface area contributed by atoms with Crippen LogP contribution in [0, 0.1) is 5.92 Å². The van der Waals surface area contributed by atoms with E-state index < -0.39 is 5.41 Å². The predicted octanol–water partition coefficient (Wildman–Crippen LogP) is 1.85. The van der Waals surface area contributed by atoms with E-state index in [0.717, 1.165) is 36.7 Å². The van der Waals surface area contributed by atoms with Crippen molar-refractivity contribution in [2.24, 2.45) is 5.92 Å². The fourth-order valence-electron chi connectivity index (χ4n) is 3.12. The molecule has 2 aliphatic heterocycles. The topological polar surface area (TPSA) is 59.6 Å². The Balaban J connectivity index is 1.66. The molecule has 0 bridgehead atoms. The molecule has 1 saturated heterocycles. The van der Waals surface area contributed by atoms with Gasteiger partial charge in [-0.15, -0.1) is 0 Å². The molecule has 1 aromatic carbocycles. The lowest BCUT2D eigenvalue weighted by molar-refractivity contribution is -0.125. The van der Waals surface area contributed by atoms with Crippen LogP contribution in [0.1, 0.15) is 32.3 Å². The molecule has 1 atom stereocenters. The van der Waals surface area contributed by atoms with Gasteiger partial charge in [-0.2, -0.15) is 0 Å². The molecule has 0 radical (unpaired) electrons. The third-order valence-corrected chi connectivity index (χ3v) is 4.78. The van der Waals surface area contributed by atoms with Gasteiger partial charge in [0.05, 0.1) is 5.41 Å². The van der Waals surface area contributed by atoms with Crippen molar-refractivity contribution in [3.8, 4) is 11.5 Å². The summed E-state index contributed by atoms with van der Waals surface area (Å²) >= 11 is 0. The van der Waals surface area contributed by atoms with Crippen LogP contribution in [-0.4, -0.2) is 38.8 Å². The van der Waals surface area contributed by atoms with Crippen LogP contribution in [0.3, 0.4) is 0 Å². The Hall–Kier alpha value is -1.75. The van der Waals surface area contributed by atoms with Crippen molar-refractivity contribution in [1.29, 1.82) is 0 Å². The maximum atomic E-state index is 12.7. The third-order valence-electron chi connectivity index (χ3n) is 4.78.